The molecule has 2 unspecified atom stereocenters. The van der Waals surface area contributed by atoms with Gasteiger partial charge in [0.1, 0.15) is 9.84 Å². The number of hydrogen-bond donors (Lipinski definition) is 2. The molecule has 0 aromatic heterocycles. The van der Waals surface area contributed by atoms with Gasteiger partial charge in [-0.25, -0.2) is 8.42 Å². The van der Waals surface area contributed by atoms with Gasteiger partial charge in [0.15, 0.2) is 5.96 Å². The fourth-order valence-corrected chi connectivity index (χ4v) is 4.16. The molecule has 7 heteroatoms. The molecule has 0 fully saturated rings. The molecule has 0 aliphatic heterocycles. The number of aryl methyl sites for hydroxylation is 1. The molecule has 2 N–H and O–H groups in total. The van der Waals surface area contributed by atoms with Gasteiger partial charge >= 0.3 is 0 Å². The minimum atomic E-state index is -2.94. The number of aliphatic imine (C=N–C) groups is 1. The molecular weight excluding hydrogens is 374 g/mol. The predicted octanol–water partition coefficient (Wildman–Crippen LogP) is 2.85. The van der Waals surface area contributed by atoms with Crippen molar-refractivity contribution in [3.05, 3.63) is 35.4 Å². The van der Waals surface area contributed by atoms with Crippen LogP contribution in [0.15, 0.2) is 29.3 Å². The number of nitrogens with one attached hydrogen (secondary N) is 2. The van der Waals surface area contributed by atoms with Crippen molar-refractivity contribution in [2.45, 2.75) is 58.1 Å². The van der Waals surface area contributed by atoms with Crippen molar-refractivity contribution in [2.24, 2.45) is 4.99 Å². The van der Waals surface area contributed by atoms with E-state index in [-0.39, 0.29) is 17.9 Å². The highest BCUT2D eigenvalue weighted by molar-refractivity contribution is 7.90. The number of rotatable bonds is 10. The van der Waals surface area contributed by atoms with E-state index in [0.29, 0.717) is 19.6 Å². The largest absolute Gasteiger partial charge is 0.373 e. The maximum atomic E-state index is 11.3. The van der Waals surface area contributed by atoms with Crippen molar-refractivity contribution in [3.63, 3.8) is 0 Å². The molecule has 0 heterocycles. The first-order chi connectivity index (χ1) is 13.4. The first-order valence-corrected chi connectivity index (χ1v) is 12.4. The minimum absolute atomic E-state index is 0.0440. The van der Waals surface area contributed by atoms with Crippen molar-refractivity contribution in [3.8, 4) is 0 Å². The van der Waals surface area contributed by atoms with Crippen molar-refractivity contribution >= 4 is 15.8 Å². The van der Waals surface area contributed by atoms with Gasteiger partial charge in [0.05, 0.1) is 11.9 Å². The van der Waals surface area contributed by atoms with Crippen molar-refractivity contribution in [2.75, 3.05) is 31.7 Å². The van der Waals surface area contributed by atoms with Crippen LogP contribution in [0.25, 0.3) is 0 Å². The Labute approximate surface area is 170 Å². The number of sulfone groups is 1. The van der Waals surface area contributed by atoms with Gasteiger partial charge in [-0.3, -0.25) is 4.99 Å². The van der Waals surface area contributed by atoms with E-state index >= 15 is 0 Å². The summed E-state index contributed by atoms with van der Waals surface area (Å²) in [5, 5.41) is 6.49. The van der Waals surface area contributed by atoms with Crippen LogP contribution in [0.1, 0.15) is 56.8 Å². The number of hydrogen-bond acceptors (Lipinski definition) is 4. The second-order valence-electron chi connectivity index (χ2n) is 7.53. The molecule has 1 aromatic carbocycles. The van der Waals surface area contributed by atoms with E-state index in [2.05, 4.69) is 39.9 Å². The third-order valence-corrected chi connectivity index (χ3v) is 5.83. The monoisotopic (exact) mass is 409 g/mol. The van der Waals surface area contributed by atoms with E-state index in [0.717, 1.165) is 31.8 Å². The van der Waals surface area contributed by atoms with E-state index in [4.69, 9.17) is 4.74 Å². The molecule has 0 bridgehead atoms. The molecule has 0 amide bonds. The highest BCUT2D eigenvalue weighted by atomic mass is 32.2. The average molecular weight is 410 g/mol. The number of fused-ring (bicyclic) bond motifs is 1. The van der Waals surface area contributed by atoms with Crippen molar-refractivity contribution in [1.29, 1.82) is 0 Å². The maximum absolute atomic E-state index is 11.3. The lowest BCUT2D eigenvalue weighted by atomic mass is 9.89. The number of ether oxygens (including phenoxy) is 1. The molecule has 28 heavy (non-hydrogen) atoms. The van der Waals surface area contributed by atoms with Gasteiger partial charge in [0.2, 0.25) is 0 Å². The summed E-state index contributed by atoms with van der Waals surface area (Å²) in [6.45, 7) is 6.11. The molecule has 1 aromatic rings. The van der Waals surface area contributed by atoms with E-state index in [1.165, 1.54) is 23.8 Å². The van der Waals surface area contributed by atoms with Crippen molar-refractivity contribution in [1.82, 2.24) is 10.6 Å². The first kappa shape index (κ1) is 22.7. The average Bonchev–Trinajstić information content (AvgIpc) is 2.66. The molecule has 6 nitrogen and oxygen atoms in total. The van der Waals surface area contributed by atoms with Gasteiger partial charge in [0, 0.05) is 32.0 Å². The van der Waals surface area contributed by atoms with Gasteiger partial charge in [-0.05, 0) is 57.1 Å². The quantitative estimate of drug-likeness (QED) is 0.353. The second kappa shape index (κ2) is 11.4. The smallest absolute Gasteiger partial charge is 0.191 e. The van der Waals surface area contributed by atoms with E-state index in [9.17, 15) is 8.42 Å². The van der Waals surface area contributed by atoms with Gasteiger partial charge in [-0.2, -0.15) is 0 Å². The van der Waals surface area contributed by atoms with Gasteiger partial charge in [-0.15, -0.1) is 0 Å². The molecule has 0 saturated heterocycles. The van der Waals surface area contributed by atoms with E-state index in [1.54, 1.807) is 0 Å². The van der Waals surface area contributed by atoms with E-state index < -0.39 is 9.84 Å². The SMILES string of the molecule is CCNC(=NCCCOC1CCCc2ccccc21)NC(C)CCS(C)(=O)=O. The summed E-state index contributed by atoms with van der Waals surface area (Å²) in [5.74, 6) is 0.906. The number of benzene rings is 1. The zero-order valence-corrected chi connectivity index (χ0v) is 18.2. The van der Waals surface area contributed by atoms with Gasteiger partial charge in [-0.1, -0.05) is 24.3 Å². The lowest BCUT2D eigenvalue weighted by molar-refractivity contribution is 0.0403. The lowest BCUT2D eigenvalue weighted by Crippen LogP contribution is -2.43. The molecule has 0 saturated carbocycles. The predicted molar refractivity (Wildman–Crippen MR) is 116 cm³/mol. The van der Waals surface area contributed by atoms with Crippen molar-refractivity contribution < 1.29 is 13.2 Å². The Balaban J connectivity index is 1.75. The Morgan fingerprint density at radius 1 is 1.36 bits per heavy atom. The molecular formula is C21H35N3O3S. The Bertz CT molecular complexity index is 734. The van der Waals surface area contributed by atoms with Crippen LogP contribution in [0, 0.1) is 0 Å². The minimum Gasteiger partial charge on any atom is -0.373 e. The molecule has 1 aliphatic rings. The summed E-state index contributed by atoms with van der Waals surface area (Å²) in [5.41, 5.74) is 2.76. The second-order valence-corrected chi connectivity index (χ2v) is 9.79. The first-order valence-electron chi connectivity index (χ1n) is 10.3. The molecule has 0 radical (unpaired) electrons. The molecule has 2 atom stereocenters. The highest BCUT2D eigenvalue weighted by Gasteiger charge is 2.19. The topological polar surface area (TPSA) is 79.8 Å². The zero-order valence-electron chi connectivity index (χ0n) is 17.4. The number of guanidine groups is 1. The van der Waals surface area contributed by atoms with Crippen LogP contribution in [0.5, 0.6) is 0 Å². The molecule has 158 valence electrons. The lowest BCUT2D eigenvalue weighted by Gasteiger charge is -2.25. The van der Waals surface area contributed by atoms with Crippen LogP contribution in [0.3, 0.4) is 0 Å². The molecule has 1 aliphatic carbocycles. The Morgan fingerprint density at radius 2 is 2.14 bits per heavy atom. The summed E-state index contributed by atoms with van der Waals surface area (Å²) in [6.07, 6.45) is 6.30. The summed E-state index contributed by atoms with van der Waals surface area (Å²) in [7, 11) is -2.94. The van der Waals surface area contributed by atoms with Crippen LogP contribution in [-0.4, -0.2) is 52.1 Å². The maximum Gasteiger partial charge on any atom is 0.191 e. The highest BCUT2D eigenvalue weighted by Crippen LogP contribution is 2.32. The van der Waals surface area contributed by atoms with Crippen LogP contribution < -0.4 is 10.6 Å². The Hall–Kier alpha value is -1.60. The Morgan fingerprint density at radius 3 is 2.89 bits per heavy atom. The normalized spacial score (nSPS) is 18.4. The third kappa shape index (κ3) is 8.19. The summed E-state index contributed by atoms with van der Waals surface area (Å²) in [4.78, 5) is 4.59. The fourth-order valence-electron chi connectivity index (χ4n) is 3.38. The van der Waals surface area contributed by atoms with Gasteiger partial charge < -0.3 is 15.4 Å². The van der Waals surface area contributed by atoms with Gasteiger partial charge in [0.25, 0.3) is 0 Å². The fraction of sp³-hybridized carbons (Fsp3) is 0.667. The standard InChI is InChI=1S/C21H35N3O3S/c1-4-22-21(24-17(2)13-16-28(3,25)26)23-14-8-15-27-20-12-7-10-18-9-5-6-11-19(18)20/h5-6,9,11,17,20H,4,7-8,10,12-16H2,1-3H3,(H2,22,23,24). The Kier molecular flexibility index (Phi) is 9.25. The van der Waals surface area contributed by atoms with Crippen LogP contribution in [0.2, 0.25) is 0 Å². The zero-order chi connectivity index (χ0) is 20.4. The van der Waals surface area contributed by atoms with Crippen LogP contribution in [0.4, 0.5) is 0 Å². The third-order valence-electron chi connectivity index (χ3n) is 4.85. The molecule has 0 spiro atoms. The van der Waals surface area contributed by atoms with Crippen LogP contribution >= 0.6 is 0 Å². The summed E-state index contributed by atoms with van der Waals surface area (Å²) < 4.78 is 28.8. The van der Waals surface area contributed by atoms with Crippen LogP contribution in [-0.2, 0) is 21.0 Å². The molecule has 2 rings (SSSR count). The number of nitrogens with zero attached hydrogens (tertiary/aromatic N) is 1. The van der Waals surface area contributed by atoms with E-state index in [1.807, 2.05) is 13.8 Å². The summed E-state index contributed by atoms with van der Waals surface area (Å²) in [6, 6.07) is 8.62. The summed E-state index contributed by atoms with van der Waals surface area (Å²) >= 11 is 0.